The normalized spacial score (nSPS) is 12.9. The van der Waals surface area contributed by atoms with Crippen LogP contribution in [0.1, 0.15) is 24.6 Å². The van der Waals surface area contributed by atoms with Gasteiger partial charge in [-0.05, 0) is 19.1 Å². The van der Waals surface area contributed by atoms with Crippen molar-refractivity contribution >= 4 is 0 Å². The van der Waals surface area contributed by atoms with E-state index in [1.807, 2.05) is 23.7 Å². The second-order valence-corrected chi connectivity index (χ2v) is 3.32. The zero-order valence-electron chi connectivity index (χ0n) is 8.63. The van der Waals surface area contributed by atoms with E-state index in [1.165, 1.54) is 0 Å². The minimum atomic E-state index is -0.158. The summed E-state index contributed by atoms with van der Waals surface area (Å²) in [5.41, 5.74) is 5.98. The minimum absolute atomic E-state index is 0.158. The predicted octanol–water partition coefficient (Wildman–Crippen LogP) is 1.13. The van der Waals surface area contributed by atoms with Crippen LogP contribution in [0.5, 0.6) is 0 Å². The highest BCUT2D eigenvalue weighted by molar-refractivity contribution is 5.06. The first-order valence-electron chi connectivity index (χ1n) is 4.97. The molecule has 0 aliphatic heterocycles. The van der Waals surface area contributed by atoms with Gasteiger partial charge in [-0.25, -0.2) is 4.98 Å². The highest BCUT2D eigenvalue weighted by Crippen LogP contribution is 2.14. The lowest BCUT2D eigenvalue weighted by Gasteiger charge is -2.08. The molecule has 0 bridgehead atoms. The zero-order chi connectivity index (χ0) is 10.7. The fourth-order valence-corrected chi connectivity index (χ4v) is 1.51. The van der Waals surface area contributed by atoms with Gasteiger partial charge < -0.3 is 10.2 Å². The van der Waals surface area contributed by atoms with Crippen molar-refractivity contribution < 1.29 is 4.42 Å². The number of hydrogen-bond donors (Lipinski definition) is 1. The van der Waals surface area contributed by atoms with Crippen LogP contribution in [0, 0.1) is 0 Å². The van der Waals surface area contributed by atoms with Crippen LogP contribution in [0.25, 0.3) is 0 Å². The number of furan rings is 1. The molecule has 0 radical (unpaired) electrons. The van der Waals surface area contributed by atoms with Crippen LogP contribution in [-0.2, 0) is 13.0 Å². The average Bonchev–Trinajstić information content (AvgIpc) is 2.87. The summed E-state index contributed by atoms with van der Waals surface area (Å²) in [7, 11) is 0. The first-order chi connectivity index (χ1) is 7.31. The van der Waals surface area contributed by atoms with Crippen LogP contribution in [0.2, 0.25) is 0 Å². The molecular formula is C10H14N4O. The Morgan fingerprint density at radius 3 is 3.13 bits per heavy atom. The molecule has 1 unspecified atom stereocenters. The summed E-state index contributed by atoms with van der Waals surface area (Å²) >= 11 is 0. The van der Waals surface area contributed by atoms with Gasteiger partial charge in [0.15, 0.2) is 0 Å². The van der Waals surface area contributed by atoms with Gasteiger partial charge in [-0.1, -0.05) is 0 Å². The number of aromatic nitrogens is 3. The average molecular weight is 206 g/mol. The topological polar surface area (TPSA) is 69.9 Å². The third-order valence-corrected chi connectivity index (χ3v) is 2.31. The van der Waals surface area contributed by atoms with E-state index in [2.05, 4.69) is 10.1 Å². The quantitative estimate of drug-likeness (QED) is 0.814. The van der Waals surface area contributed by atoms with Crippen LogP contribution in [0.3, 0.4) is 0 Å². The van der Waals surface area contributed by atoms with Gasteiger partial charge in [-0.3, -0.25) is 4.68 Å². The molecule has 0 amide bonds. The molecular weight excluding hydrogens is 192 g/mol. The molecule has 1 atom stereocenters. The van der Waals surface area contributed by atoms with E-state index in [9.17, 15) is 0 Å². The van der Waals surface area contributed by atoms with Crippen molar-refractivity contribution in [3.05, 3.63) is 36.3 Å². The smallest absolute Gasteiger partial charge is 0.138 e. The standard InChI is InChI=1S/C10H14N4O/c1-2-14-10(12-7-13-14)6-8(11)9-4-3-5-15-9/h3-5,7-8H,2,6,11H2,1H3. The van der Waals surface area contributed by atoms with E-state index < -0.39 is 0 Å². The second-order valence-electron chi connectivity index (χ2n) is 3.32. The Morgan fingerprint density at radius 2 is 2.47 bits per heavy atom. The molecule has 2 heterocycles. The molecule has 0 fully saturated rings. The molecule has 0 aromatic carbocycles. The molecule has 2 aromatic heterocycles. The first kappa shape index (κ1) is 9.92. The molecule has 5 nitrogen and oxygen atoms in total. The van der Waals surface area contributed by atoms with Crippen molar-refractivity contribution in [2.45, 2.75) is 25.9 Å². The largest absolute Gasteiger partial charge is 0.468 e. The summed E-state index contributed by atoms with van der Waals surface area (Å²) in [6, 6.07) is 3.55. The summed E-state index contributed by atoms with van der Waals surface area (Å²) < 4.78 is 7.07. The maximum Gasteiger partial charge on any atom is 0.138 e. The molecule has 80 valence electrons. The predicted molar refractivity (Wildman–Crippen MR) is 55.0 cm³/mol. The lowest BCUT2D eigenvalue weighted by Crippen LogP contribution is -2.16. The summed E-state index contributed by atoms with van der Waals surface area (Å²) in [5.74, 6) is 1.67. The van der Waals surface area contributed by atoms with Gasteiger partial charge in [-0.2, -0.15) is 5.10 Å². The molecule has 0 aliphatic rings. The fourth-order valence-electron chi connectivity index (χ4n) is 1.51. The summed E-state index contributed by atoms with van der Waals surface area (Å²) in [5, 5.41) is 4.09. The number of nitrogens with two attached hydrogens (primary N) is 1. The SMILES string of the molecule is CCn1ncnc1CC(N)c1ccco1. The molecule has 0 spiro atoms. The summed E-state index contributed by atoms with van der Waals surface area (Å²) in [4.78, 5) is 4.17. The highest BCUT2D eigenvalue weighted by Gasteiger charge is 2.13. The van der Waals surface area contributed by atoms with Gasteiger partial charge in [0.1, 0.15) is 17.9 Å². The van der Waals surface area contributed by atoms with Gasteiger partial charge in [-0.15, -0.1) is 0 Å². The molecule has 2 aromatic rings. The van der Waals surface area contributed by atoms with Crippen molar-refractivity contribution in [2.24, 2.45) is 5.73 Å². The van der Waals surface area contributed by atoms with Crippen LogP contribution in [-0.4, -0.2) is 14.8 Å². The zero-order valence-corrected chi connectivity index (χ0v) is 8.63. The van der Waals surface area contributed by atoms with Crippen molar-refractivity contribution in [2.75, 3.05) is 0 Å². The second kappa shape index (κ2) is 4.27. The highest BCUT2D eigenvalue weighted by atomic mass is 16.3. The van der Waals surface area contributed by atoms with Gasteiger partial charge in [0.25, 0.3) is 0 Å². The van der Waals surface area contributed by atoms with Gasteiger partial charge in [0.2, 0.25) is 0 Å². The first-order valence-corrected chi connectivity index (χ1v) is 4.97. The molecule has 2 N–H and O–H groups in total. The van der Waals surface area contributed by atoms with Crippen molar-refractivity contribution in [3.63, 3.8) is 0 Å². The van der Waals surface area contributed by atoms with Gasteiger partial charge in [0.05, 0.1) is 12.3 Å². The third kappa shape index (κ3) is 2.07. The molecule has 2 rings (SSSR count). The van der Waals surface area contributed by atoms with Crippen LogP contribution >= 0.6 is 0 Å². The summed E-state index contributed by atoms with van der Waals surface area (Å²) in [6.07, 6.45) is 3.81. The van der Waals surface area contributed by atoms with Gasteiger partial charge in [0, 0.05) is 13.0 Å². The number of aryl methyl sites for hydroxylation is 1. The number of hydrogen-bond acceptors (Lipinski definition) is 4. The third-order valence-electron chi connectivity index (χ3n) is 2.31. The molecule has 0 aliphatic carbocycles. The Balaban J connectivity index is 2.09. The van der Waals surface area contributed by atoms with Crippen LogP contribution in [0.4, 0.5) is 0 Å². The molecule has 0 saturated carbocycles. The van der Waals surface area contributed by atoms with Crippen molar-refractivity contribution in [1.82, 2.24) is 14.8 Å². The Bertz CT molecular complexity index is 407. The maximum absolute atomic E-state index is 5.98. The number of nitrogens with zero attached hydrogens (tertiary/aromatic N) is 3. The van der Waals surface area contributed by atoms with E-state index in [-0.39, 0.29) is 6.04 Å². The van der Waals surface area contributed by atoms with Crippen LogP contribution < -0.4 is 5.73 Å². The Kier molecular flexibility index (Phi) is 2.82. The van der Waals surface area contributed by atoms with E-state index in [0.29, 0.717) is 6.42 Å². The van der Waals surface area contributed by atoms with E-state index in [4.69, 9.17) is 10.2 Å². The fraction of sp³-hybridized carbons (Fsp3) is 0.400. The molecule has 15 heavy (non-hydrogen) atoms. The van der Waals surface area contributed by atoms with E-state index in [0.717, 1.165) is 18.1 Å². The minimum Gasteiger partial charge on any atom is -0.468 e. The monoisotopic (exact) mass is 206 g/mol. The van der Waals surface area contributed by atoms with Crippen molar-refractivity contribution in [3.8, 4) is 0 Å². The van der Waals surface area contributed by atoms with E-state index in [1.54, 1.807) is 12.6 Å². The van der Waals surface area contributed by atoms with Crippen LogP contribution in [0.15, 0.2) is 29.1 Å². The maximum atomic E-state index is 5.98. The van der Waals surface area contributed by atoms with Gasteiger partial charge >= 0.3 is 0 Å². The Morgan fingerprint density at radius 1 is 1.60 bits per heavy atom. The Labute approximate surface area is 87.9 Å². The number of rotatable bonds is 4. The molecule has 0 saturated heterocycles. The lowest BCUT2D eigenvalue weighted by molar-refractivity contribution is 0.454. The lowest BCUT2D eigenvalue weighted by atomic mass is 10.1. The molecule has 5 heteroatoms. The van der Waals surface area contributed by atoms with Crippen molar-refractivity contribution in [1.29, 1.82) is 0 Å². The summed E-state index contributed by atoms with van der Waals surface area (Å²) in [6.45, 7) is 2.83. The van der Waals surface area contributed by atoms with E-state index >= 15 is 0 Å². The Hall–Kier alpha value is -1.62.